The molecule has 0 aliphatic heterocycles. The van der Waals surface area contributed by atoms with Crippen molar-refractivity contribution in [1.29, 1.82) is 5.26 Å². The highest BCUT2D eigenvalue weighted by atomic mass is 32.3. The normalized spacial score (nSPS) is 12.7. The van der Waals surface area contributed by atoms with E-state index in [1.165, 1.54) is 6.07 Å². The summed E-state index contributed by atoms with van der Waals surface area (Å²) < 4.78 is 70.6. The van der Waals surface area contributed by atoms with E-state index in [1.807, 2.05) is 0 Å². The van der Waals surface area contributed by atoms with Crippen molar-refractivity contribution >= 4 is 26.4 Å². The largest absolute Gasteiger partial charge is 0.468 e. The lowest BCUT2D eigenvalue weighted by atomic mass is 9.84. The zero-order valence-electron chi connectivity index (χ0n) is 9.80. The van der Waals surface area contributed by atoms with Gasteiger partial charge < -0.3 is 4.74 Å². The molecular weight excluding hydrogens is 308 g/mol. The number of carbonyl (C=O) groups excluding carboxylic acids is 1. The zero-order chi connectivity index (χ0) is 15.3. The molecule has 0 rings (SSSR count). The molecule has 110 valence electrons. The van der Waals surface area contributed by atoms with Crippen molar-refractivity contribution in [1.82, 2.24) is 0 Å². The van der Waals surface area contributed by atoms with Crippen LogP contribution in [-0.2, 0) is 30.0 Å². The average molecular weight is 319 g/mol. The maximum absolute atomic E-state index is 12.4. The van der Waals surface area contributed by atoms with Crippen LogP contribution in [0.15, 0.2) is 0 Å². The van der Waals surface area contributed by atoms with Gasteiger partial charge in [-0.3, -0.25) is 4.79 Å². The van der Waals surface area contributed by atoms with Crippen LogP contribution in [0.1, 0.15) is 12.8 Å². The van der Waals surface area contributed by atoms with Gasteiger partial charge in [0.2, 0.25) is 0 Å². The van der Waals surface area contributed by atoms with E-state index >= 15 is 0 Å². The maximum atomic E-state index is 12.4. The Morgan fingerprint density at radius 2 is 1.53 bits per heavy atom. The van der Waals surface area contributed by atoms with Gasteiger partial charge in [0.1, 0.15) is 0 Å². The molecule has 0 saturated heterocycles. The van der Waals surface area contributed by atoms with Crippen molar-refractivity contribution in [3.05, 3.63) is 0 Å². The predicted molar refractivity (Wildman–Crippen MR) is 59.1 cm³/mol. The van der Waals surface area contributed by atoms with Gasteiger partial charge in [0, 0.05) is 0 Å². The highest BCUT2D eigenvalue weighted by Crippen LogP contribution is 2.29. The molecule has 0 unspecified atom stereocenters. The molecule has 0 aromatic carbocycles. The molecule has 0 aromatic heterocycles. The fraction of sp³-hybridized carbons (Fsp3) is 0.750. The molecule has 0 amide bonds. The van der Waals surface area contributed by atoms with Crippen LogP contribution in [0.5, 0.6) is 0 Å². The van der Waals surface area contributed by atoms with Crippen molar-refractivity contribution in [2.75, 3.05) is 18.6 Å². The van der Waals surface area contributed by atoms with E-state index in [-0.39, 0.29) is 0 Å². The molecule has 0 heterocycles. The Morgan fingerprint density at radius 3 is 1.74 bits per heavy atom. The van der Waals surface area contributed by atoms with Crippen LogP contribution in [0, 0.1) is 16.7 Å². The quantitative estimate of drug-likeness (QED) is 0.480. The van der Waals surface area contributed by atoms with Crippen LogP contribution in [0.25, 0.3) is 0 Å². The summed E-state index contributed by atoms with van der Waals surface area (Å²) in [6.07, 6.45) is -1.66. The number of methoxy groups -OCH3 is 1. The van der Waals surface area contributed by atoms with Gasteiger partial charge in [-0.05, 0) is 12.8 Å². The standard InChI is InChI=1S/C8H11F2NO6S2/c1-17-7(12)8(6-11,2-4-18(9,13)14)3-5-19(10,15)16/h2-5H2,1H3. The zero-order valence-corrected chi connectivity index (χ0v) is 11.4. The summed E-state index contributed by atoms with van der Waals surface area (Å²) in [5.41, 5.74) is -2.23. The Hall–Kier alpha value is -1.28. The molecule has 11 heteroatoms. The second-order valence-corrected chi connectivity index (χ2v) is 6.64. The van der Waals surface area contributed by atoms with E-state index in [9.17, 15) is 29.4 Å². The first kappa shape index (κ1) is 17.7. The van der Waals surface area contributed by atoms with Crippen molar-refractivity contribution in [2.45, 2.75) is 12.8 Å². The number of nitrogens with zero attached hydrogens (tertiary/aromatic N) is 1. The number of carbonyl (C=O) groups is 1. The first-order valence-electron chi connectivity index (χ1n) is 4.80. The molecule has 0 fully saturated rings. The molecule has 0 saturated carbocycles. The lowest BCUT2D eigenvalue weighted by Gasteiger charge is -2.21. The topological polar surface area (TPSA) is 118 Å². The molecule has 7 nitrogen and oxygen atoms in total. The smallest absolute Gasteiger partial charge is 0.326 e. The molecule has 0 aliphatic carbocycles. The summed E-state index contributed by atoms with van der Waals surface area (Å²) in [5.74, 6) is -3.61. The second-order valence-electron chi connectivity index (χ2n) is 3.67. The molecule has 0 radical (unpaired) electrons. The number of ether oxygens (including phenoxy) is 1. The lowest BCUT2D eigenvalue weighted by Crippen LogP contribution is -2.34. The second kappa shape index (κ2) is 6.25. The SMILES string of the molecule is COC(=O)C(C#N)(CCS(=O)(=O)F)CCS(=O)(=O)F. The minimum Gasteiger partial charge on any atom is -0.468 e. The van der Waals surface area contributed by atoms with E-state index in [0.29, 0.717) is 0 Å². The van der Waals surface area contributed by atoms with Crippen molar-refractivity contribution in [3.63, 3.8) is 0 Å². The van der Waals surface area contributed by atoms with Gasteiger partial charge in [-0.25, -0.2) is 0 Å². The van der Waals surface area contributed by atoms with Gasteiger partial charge in [0.15, 0.2) is 5.41 Å². The van der Waals surface area contributed by atoms with E-state index in [1.54, 1.807) is 0 Å². The molecule has 19 heavy (non-hydrogen) atoms. The van der Waals surface area contributed by atoms with Gasteiger partial charge in [0.05, 0.1) is 24.7 Å². The fourth-order valence-electron chi connectivity index (χ4n) is 1.27. The minimum absolute atomic E-state index is 0.829. The number of hydrogen-bond donors (Lipinski definition) is 0. The van der Waals surface area contributed by atoms with Crippen LogP contribution in [0.4, 0.5) is 7.77 Å². The third-order valence-corrected chi connectivity index (χ3v) is 3.72. The van der Waals surface area contributed by atoms with E-state index in [2.05, 4.69) is 4.74 Å². The molecule has 0 atom stereocenters. The van der Waals surface area contributed by atoms with Crippen molar-refractivity contribution in [2.24, 2.45) is 5.41 Å². The monoisotopic (exact) mass is 319 g/mol. The Bertz CT molecular complexity index is 541. The number of hydrogen-bond acceptors (Lipinski definition) is 7. The molecule has 0 spiro atoms. The highest BCUT2D eigenvalue weighted by molar-refractivity contribution is 7.86. The number of esters is 1. The van der Waals surface area contributed by atoms with Gasteiger partial charge >= 0.3 is 26.4 Å². The number of nitriles is 1. The first-order valence-corrected chi connectivity index (χ1v) is 7.91. The molecule has 0 aromatic rings. The first-order chi connectivity index (χ1) is 8.46. The number of rotatable bonds is 7. The Balaban J connectivity index is 5.23. The molecule has 0 aliphatic rings. The van der Waals surface area contributed by atoms with Crippen LogP contribution < -0.4 is 0 Å². The van der Waals surface area contributed by atoms with Crippen LogP contribution >= 0.6 is 0 Å². The van der Waals surface area contributed by atoms with Gasteiger partial charge in [-0.15, -0.1) is 7.77 Å². The Kier molecular flexibility index (Phi) is 5.83. The fourth-order valence-corrected chi connectivity index (χ4v) is 2.46. The summed E-state index contributed by atoms with van der Waals surface area (Å²) in [6.45, 7) is 0. The van der Waals surface area contributed by atoms with Crippen molar-refractivity contribution in [3.8, 4) is 6.07 Å². The third-order valence-electron chi connectivity index (χ3n) is 2.34. The van der Waals surface area contributed by atoms with Crippen LogP contribution in [0.2, 0.25) is 0 Å². The predicted octanol–water partition coefficient (Wildman–Crippen LogP) is 0.0482. The Labute approximate surface area is 109 Å². The third kappa shape index (κ3) is 6.44. The van der Waals surface area contributed by atoms with E-state index in [0.717, 1.165) is 7.11 Å². The summed E-state index contributed by atoms with van der Waals surface area (Å²) >= 11 is 0. The van der Waals surface area contributed by atoms with Crippen LogP contribution in [0.3, 0.4) is 0 Å². The van der Waals surface area contributed by atoms with Gasteiger partial charge in [-0.2, -0.15) is 22.1 Å². The highest BCUT2D eigenvalue weighted by Gasteiger charge is 2.42. The molecule has 0 bridgehead atoms. The lowest BCUT2D eigenvalue weighted by molar-refractivity contribution is -0.149. The van der Waals surface area contributed by atoms with E-state index in [4.69, 9.17) is 5.26 Å². The summed E-state index contributed by atoms with van der Waals surface area (Å²) in [6, 6.07) is 1.37. The Morgan fingerprint density at radius 1 is 1.16 bits per heavy atom. The summed E-state index contributed by atoms with van der Waals surface area (Å²) in [5, 5.41) is 8.89. The van der Waals surface area contributed by atoms with Crippen molar-refractivity contribution < 1.29 is 34.1 Å². The van der Waals surface area contributed by atoms with E-state index < -0.39 is 56.2 Å². The van der Waals surface area contributed by atoms with Gasteiger partial charge in [-0.1, -0.05) is 0 Å². The van der Waals surface area contributed by atoms with Gasteiger partial charge in [0.25, 0.3) is 0 Å². The molecular formula is C8H11F2NO6S2. The average Bonchev–Trinajstić information content (AvgIpc) is 2.26. The summed E-state index contributed by atoms with van der Waals surface area (Å²) in [7, 11) is -9.05. The maximum Gasteiger partial charge on any atom is 0.326 e. The molecule has 0 N–H and O–H groups in total. The minimum atomic E-state index is -4.97. The number of halogens is 2. The summed E-state index contributed by atoms with van der Waals surface area (Å²) in [4.78, 5) is 11.4. The van der Waals surface area contributed by atoms with Crippen LogP contribution in [-0.4, -0.2) is 41.4 Å².